The third kappa shape index (κ3) is 13.9. The van der Waals surface area contributed by atoms with E-state index in [2.05, 4.69) is 304 Å². The summed E-state index contributed by atoms with van der Waals surface area (Å²) in [5.74, 6) is 1.79. The molecule has 3 heterocycles. The van der Waals surface area contributed by atoms with Gasteiger partial charge in [-0.3, -0.25) is 19.7 Å². The first kappa shape index (κ1) is 76.7. The number of para-hydroxylation sites is 9. The third-order valence-corrected chi connectivity index (χ3v) is 24.0. The van der Waals surface area contributed by atoms with Gasteiger partial charge in [-0.2, -0.15) is 0 Å². The normalized spacial score (nSPS) is 11.4. The van der Waals surface area contributed by atoms with Gasteiger partial charge in [0.15, 0.2) is 5.82 Å². The van der Waals surface area contributed by atoms with E-state index in [1.807, 2.05) is 149 Å². The van der Waals surface area contributed by atoms with E-state index in [4.69, 9.17) is 0 Å². The molecule has 0 fully saturated rings. The maximum absolute atomic E-state index is 15.4. The van der Waals surface area contributed by atoms with Crippen molar-refractivity contribution in [2.24, 2.45) is 0 Å². The summed E-state index contributed by atoms with van der Waals surface area (Å²) in [7, 11) is 0. The van der Waals surface area contributed by atoms with Crippen LogP contribution >= 0.6 is 0 Å². The van der Waals surface area contributed by atoms with Gasteiger partial charge in [-0.15, -0.1) is 0 Å². The largest absolute Gasteiger partial charge is 0.310 e. The Balaban J connectivity index is 0.000000113. The van der Waals surface area contributed by atoms with Crippen molar-refractivity contribution in [2.75, 3.05) is 29.4 Å². The summed E-state index contributed by atoms with van der Waals surface area (Å²) in [5.41, 5.74) is 14.2. The predicted molar refractivity (Wildman–Crippen MR) is 525 cm³/mol. The molecule has 0 spiro atoms. The molecule has 0 aliphatic carbocycles. The topological polar surface area (TPSA) is 96.8 Å². The van der Waals surface area contributed by atoms with E-state index in [1.165, 1.54) is 44.5 Å². The Labute approximate surface area is 737 Å². The molecule has 606 valence electrons. The van der Waals surface area contributed by atoms with Crippen molar-refractivity contribution in [3.05, 3.63) is 474 Å². The zero-order valence-corrected chi connectivity index (χ0v) is 69.0. The molecule has 0 aliphatic heterocycles. The van der Waals surface area contributed by atoms with Gasteiger partial charge in [0.05, 0.1) is 51.7 Å². The summed E-state index contributed by atoms with van der Waals surface area (Å²) < 4.78 is 30.8. The van der Waals surface area contributed by atoms with Crippen LogP contribution in [0.25, 0.3) is 97.0 Å². The minimum atomic E-state index is -0.276. The molecule has 0 saturated heterocycles. The second-order valence-electron chi connectivity index (χ2n) is 31.2. The molecule has 12 nitrogen and oxygen atoms in total. The van der Waals surface area contributed by atoms with Gasteiger partial charge in [-0.1, -0.05) is 261 Å². The number of anilines is 18. The van der Waals surface area contributed by atoms with E-state index in [0.717, 1.165) is 156 Å². The van der Waals surface area contributed by atoms with Crippen molar-refractivity contribution in [1.29, 1.82) is 0 Å². The van der Waals surface area contributed by atoms with Crippen LogP contribution in [0.2, 0.25) is 0 Å². The molecule has 0 unspecified atom stereocenters. The molecule has 0 atom stereocenters. The fourth-order valence-electron chi connectivity index (χ4n) is 18.5. The molecule has 0 bridgehead atoms. The Bertz CT molecular complexity index is 7410. The Morgan fingerprint density at radius 3 is 0.656 bits per heavy atom. The van der Waals surface area contributed by atoms with Gasteiger partial charge >= 0.3 is 0 Å². The van der Waals surface area contributed by atoms with E-state index >= 15 is 8.78 Å². The van der Waals surface area contributed by atoms with Gasteiger partial charge in [0.1, 0.15) is 35.9 Å². The SMILES string of the molecule is Fc1ccccc1N(c1ccccc1)c1ccc2ccc3c(N(c4ccccc4)c4ccncn4)ccc4ccc1c2c43.Fc1ccccc1N(c1ccccc1)c1ccc2ccc3c(N(c4ccccc4)c4cnccn4)ccc4ccc1c2c43.c1ccc(N(c2ccccc2)c2ccc3ccc4c(N(c5ccccc5)c5ccncn5)ccc5ccc2c3c54)cc1. The highest BCUT2D eigenvalue weighted by atomic mass is 19.1. The van der Waals surface area contributed by atoms with Gasteiger partial charge in [0.2, 0.25) is 0 Å². The molecule has 0 radical (unpaired) electrons. The molecule has 0 amide bonds. The highest BCUT2D eigenvalue weighted by Crippen LogP contribution is 2.53. The number of benzene rings is 21. The van der Waals surface area contributed by atoms with Crippen LogP contribution < -0.4 is 29.4 Å². The number of rotatable bonds is 18. The summed E-state index contributed by atoms with van der Waals surface area (Å²) in [6.45, 7) is 0. The van der Waals surface area contributed by atoms with Crippen molar-refractivity contribution in [2.45, 2.75) is 0 Å². The summed E-state index contributed by atoms with van der Waals surface area (Å²) in [6, 6.07) is 142. The first-order valence-electron chi connectivity index (χ1n) is 42.5. The summed E-state index contributed by atoms with van der Waals surface area (Å²) >= 11 is 0. The smallest absolute Gasteiger partial charge is 0.156 e. The van der Waals surface area contributed by atoms with Crippen LogP contribution in [0, 0.1) is 11.6 Å². The highest BCUT2D eigenvalue weighted by Gasteiger charge is 2.29. The van der Waals surface area contributed by atoms with E-state index < -0.39 is 0 Å². The summed E-state index contributed by atoms with van der Waals surface area (Å²) in [4.78, 5) is 39.6. The van der Waals surface area contributed by atoms with Gasteiger partial charge in [-0.25, -0.2) is 33.7 Å². The average Bonchev–Trinajstić information content (AvgIpc) is 0.727. The van der Waals surface area contributed by atoms with Crippen LogP contribution in [0.1, 0.15) is 0 Å². The van der Waals surface area contributed by atoms with E-state index in [0.29, 0.717) is 11.4 Å². The molecule has 0 saturated carbocycles. The molecule has 3 aromatic heterocycles. The fourth-order valence-corrected chi connectivity index (χ4v) is 18.5. The molecule has 128 heavy (non-hydrogen) atoms. The van der Waals surface area contributed by atoms with Gasteiger partial charge in [0.25, 0.3) is 0 Å². The van der Waals surface area contributed by atoms with Crippen LogP contribution in [0.5, 0.6) is 0 Å². The molecule has 24 aromatic rings. The minimum Gasteiger partial charge on any atom is -0.310 e. The Morgan fingerprint density at radius 1 is 0.164 bits per heavy atom. The lowest BCUT2D eigenvalue weighted by Gasteiger charge is -2.29. The maximum atomic E-state index is 15.4. The van der Waals surface area contributed by atoms with E-state index in [1.54, 1.807) is 55.8 Å². The molecule has 24 rings (SSSR count). The van der Waals surface area contributed by atoms with Crippen LogP contribution in [0.4, 0.5) is 112 Å². The second-order valence-corrected chi connectivity index (χ2v) is 31.2. The van der Waals surface area contributed by atoms with Gasteiger partial charge in [-0.05, 0) is 222 Å². The predicted octanol–water partition coefficient (Wildman–Crippen LogP) is 31.2. The van der Waals surface area contributed by atoms with Crippen molar-refractivity contribution in [3.8, 4) is 0 Å². The van der Waals surface area contributed by atoms with E-state index in [9.17, 15) is 0 Å². The monoisotopic (exact) mass is 1650 g/mol. The van der Waals surface area contributed by atoms with Crippen molar-refractivity contribution in [1.82, 2.24) is 29.9 Å². The standard InChI is InChI=1S/2C38H25FN4.C38H26N4/c39-32-13-7-8-14-35(32)42(28-9-3-1-4-10-28)33-21-17-26-16-20-31-34(22-18-27-15-19-30(33)37(26)38(27)31)43(29-11-5-2-6-12-29)36-25-40-23-24-41-36;39-32-13-7-8-14-35(32)42(28-9-3-1-4-10-28)33-21-17-26-16-20-31-34(22-18-27-15-19-30(33)37(26)38(27)31)43(29-11-5-2-6-12-29)36-23-24-40-25-41-36;1-4-10-29(11-5-1)41(30-12-6-2-7-13-30)34-22-18-27-17-21-33-35(23-19-28-16-20-32(34)37(27)38(28)33)42(31-14-8-3-9-15-31)36-24-25-39-26-40-36/h2*1-25H;1-26H. The van der Waals surface area contributed by atoms with Crippen LogP contribution in [0.3, 0.4) is 0 Å². The van der Waals surface area contributed by atoms with Crippen LogP contribution in [0.15, 0.2) is 462 Å². The van der Waals surface area contributed by atoms with Crippen molar-refractivity contribution < 1.29 is 8.78 Å². The molecule has 0 N–H and O–H groups in total. The first-order valence-corrected chi connectivity index (χ1v) is 42.5. The number of hydrogen-bond donors (Lipinski definition) is 0. The molecule has 0 aliphatic rings. The van der Waals surface area contributed by atoms with Gasteiger partial charge in [0, 0.05) is 96.9 Å². The Hall–Kier alpha value is -17.4. The van der Waals surface area contributed by atoms with Crippen LogP contribution in [-0.2, 0) is 0 Å². The molecular formula is C114H76F2N12. The number of aromatic nitrogens is 6. The summed E-state index contributed by atoms with van der Waals surface area (Å²) in [5, 5.41) is 20.8. The highest BCUT2D eigenvalue weighted by molar-refractivity contribution is 6.31. The van der Waals surface area contributed by atoms with E-state index in [-0.39, 0.29) is 11.6 Å². The number of halogens is 2. The quantitative estimate of drug-likeness (QED) is 0.0766. The average molecular weight is 1650 g/mol. The lowest BCUT2D eigenvalue weighted by Crippen LogP contribution is -2.13. The Kier molecular flexibility index (Phi) is 20.1. The number of hydrogen-bond acceptors (Lipinski definition) is 12. The maximum Gasteiger partial charge on any atom is 0.156 e. The zero-order valence-electron chi connectivity index (χ0n) is 69.0. The fraction of sp³-hybridized carbons (Fsp3) is 0. The minimum absolute atomic E-state index is 0.275. The summed E-state index contributed by atoms with van der Waals surface area (Å²) in [6.07, 6.45) is 11.9. The van der Waals surface area contributed by atoms with Crippen molar-refractivity contribution in [3.63, 3.8) is 0 Å². The lowest BCUT2D eigenvalue weighted by atomic mass is 9.92. The van der Waals surface area contributed by atoms with Gasteiger partial charge < -0.3 is 14.7 Å². The molecule has 21 aromatic carbocycles. The zero-order chi connectivity index (χ0) is 85.4. The molecular weight excluding hydrogens is 1580 g/mol. The third-order valence-electron chi connectivity index (χ3n) is 24.0. The molecule has 14 heteroatoms. The first-order chi connectivity index (χ1) is 63.4. The van der Waals surface area contributed by atoms with Crippen LogP contribution in [-0.4, -0.2) is 29.9 Å². The Morgan fingerprint density at radius 2 is 0.398 bits per heavy atom. The van der Waals surface area contributed by atoms with Crippen molar-refractivity contribution >= 4 is 200 Å². The second kappa shape index (κ2) is 33.5. The lowest BCUT2D eigenvalue weighted by molar-refractivity contribution is 0.628. The number of nitrogens with zero attached hydrogens (tertiary/aromatic N) is 12.